The van der Waals surface area contributed by atoms with Crippen LogP contribution in [0.15, 0.2) is 53.4 Å². The van der Waals surface area contributed by atoms with Crippen LogP contribution in [0.25, 0.3) is 10.9 Å². The van der Waals surface area contributed by atoms with Crippen molar-refractivity contribution in [2.24, 2.45) is 0 Å². The van der Waals surface area contributed by atoms with Gasteiger partial charge in [0.25, 0.3) is 0 Å². The molecule has 31 heavy (non-hydrogen) atoms. The van der Waals surface area contributed by atoms with Crippen LogP contribution < -0.4 is 19.7 Å². The summed E-state index contributed by atoms with van der Waals surface area (Å²) >= 11 is 1.74. The summed E-state index contributed by atoms with van der Waals surface area (Å²) in [5.41, 5.74) is 2.24. The van der Waals surface area contributed by atoms with E-state index in [0.717, 1.165) is 61.1 Å². The zero-order valence-corrected chi connectivity index (χ0v) is 18.5. The van der Waals surface area contributed by atoms with Crippen molar-refractivity contribution in [2.75, 3.05) is 50.6 Å². The fraction of sp³-hybridized carbons (Fsp3) is 0.375. The Morgan fingerprint density at radius 1 is 1.10 bits per heavy atom. The van der Waals surface area contributed by atoms with Crippen LogP contribution in [0, 0.1) is 0 Å². The van der Waals surface area contributed by atoms with E-state index in [2.05, 4.69) is 40.7 Å². The molecule has 1 N–H and O–H groups in total. The first-order chi connectivity index (χ1) is 15.3. The van der Waals surface area contributed by atoms with Gasteiger partial charge in [0.1, 0.15) is 18.5 Å². The first-order valence-electron chi connectivity index (χ1n) is 10.7. The van der Waals surface area contributed by atoms with E-state index in [1.54, 1.807) is 11.8 Å². The molecule has 0 amide bonds. The Labute approximate surface area is 186 Å². The number of fused-ring (bicyclic) bond motifs is 2. The van der Waals surface area contributed by atoms with Crippen molar-refractivity contribution in [2.45, 2.75) is 17.5 Å². The zero-order valence-electron chi connectivity index (χ0n) is 17.7. The molecule has 0 spiro atoms. The molecule has 1 aromatic heterocycles. The third-order valence-electron chi connectivity index (χ3n) is 5.65. The lowest BCUT2D eigenvalue weighted by molar-refractivity contribution is 0.0902. The molecule has 0 saturated carbocycles. The second kappa shape index (κ2) is 9.34. The Balaban J connectivity index is 1.33. The molecule has 0 aliphatic carbocycles. The number of anilines is 1. The van der Waals surface area contributed by atoms with Gasteiger partial charge in [0, 0.05) is 42.0 Å². The van der Waals surface area contributed by atoms with Gasteiger partial charge < -0.3 is 24.4 Å². The summed E-state index contributed by atoms with van der Waals surface area (Å²) in [6.45, 7) is 5.19. The van der Waals surface area contributed by atoms with Crippen LogP contribution in [-0.2, 0) is 11.3 Å². The molecule has 0 radical (unpaired) electrons. The first kappa shape index (κ1) is 20.4. The number of ether oxygens (including phenoxy) is 3. The smallest absolute Gasteiger partial charge is 0.161 e. The summed E-state index contributed by atoms with van der Waals surface area (Å²) in [6, 6.07) is 16.6. The number of hydrogen-bond acceptors (Lipinski definition) is 7. The molecule has 2 aliphatic heterocycles. The SMILES string of the molecule is CSc1ccc2cc(CNCC3COc4ccccc4O3)c(N3CCOCC3)nc2c1. The molecule has 1 atom stereocenters. The predicted octanol–water partition coefficient (Wildman–Crippen LogP) is 3.72. The molecule has 1 unspecified atom stereocenters. The summed E-state index contributed by atoms with van der Waals surface area (Å²) in [5.74, 6) is 2.68. The molecule has 0 bridgehead atoms. The Kier molecular flexibility index (Phi) is 6.15. The zero-order chi connectivity index (χ0) is 21.0. The lowest BCUT2D eigenvalue weighted by Gasteiger charge is -2.30. The highest BCUT2D eigenvalue weighted by molar-refractivity contribution is 7.98. The summed E-state index contributed by atoms with van der Waals surface area (Å²) in [6.07, 6.45) is 2.08. The fourth-order valence-electron chi connectivity index (χ4n) is 4.02. The van der Waals surface area contributed by atoms with E-state index in [9.17, 15) is 0 Å². The topological polar surface area (TPSA) is 55.8 Å². The van der Waals surface area contributed by atoms with E-state index in [1.165, 1.54) is 10.5 Å². The molecule has 2 aromatic carbocycles. The first-order valence-corrected chi connectivity index (χ1v) is 11.9. The number of benzene rings is 2. The second-order valence-corrected chi connectivity index (χ2v) is 8.64. The van der Waals surface area contributed by atoms with Crippen LogP contribution in [0.5, 0.6) is 11.5 Å². The number of rotatable bonds is 6. The highest BCUT2D eigenvalue weighted by Gasteiger charge is 2.21. The third-order valence-corrected chi connectivity index (χ3v) is 6.37. The average molecular weight is 438 g/mol. The molecule has 3 aromatic rings. The number of aromatic nitrogens is 1. The van der Waals surface area contributed by atoms with Gasteiger partial charge in [0.15, 0.2) is 11.5 Å². The highest BCUT2D eigenvalue weighted by Crippen LogP contribution is 2.31. The maximum absolute atomic E-state index is 6.08. The van der Waals surface area contributed by atoms with Crippen LogP contribution in [0.1, 0.15) is 5.56 Å². The van der Waals surface area contributed by atoms with E-state index in [-0.39, 0.29) is 6.10 Å². The average Bonchev–Trinajstić information content (AvgIpc) is 2.83. The van der Waals surface area contributed by atoms with E-state index in [4.69, 9.17) is 19.2 Å². The van der Waals surface area contributed by atoms with Crippen molar-refractivity contribution in [1.29, 1.82) is 0 Å². The largest absolute Gasteiger partial charge is 0.486 e. The number of para-hydroxylation sites is 2. The van der Waals surface area contributed by atoms with Crippen molar-refractivity contribution < 1.29 is 14.2 Å². The molecule has 2 aliphatic rings. The fourth-order valence-corrected chi connectivity index (χ4v) is 4.45. The summed E-state index contributed by atoms with van der Waals surface area (Å²) in [5, 5.41) is 4.73. The molecule has 7 heteroatoms. The molecule has 5 rings (SSSR count). The van der Waals surface area contributed by atoms with Crippen molar-refractivity contribution >= 4 is 28.5 Å². The minimum atomic E-state index is -0.0145. The maximum atomic E-state index is 6.08. The number of thioether (sulfide) groups is 1. The van der Waals surface area contributed by atoms with Gasteiger partial charge in [-0.15, -0.1) is 11.8 Å². The van der Waals surface area contributed by atoms with Gasteiger partial charge in [-0.05, 0) is 36.6 Å². The van der Waals surface area contributed by atoms with E-state index < -0.39 is 0 Å². The lowest BCUT2D eigenvalue weighted by Crippen LogP contribution is -2.39. The maximum Gasteiger partial charge on any atom is 0.161 e. The summed E-state index contributed by atoms with van der Waals surface area (Å²) in [7, 11) is 0. The predicted molar refractivity (Wildman–Crippen MR) is 125 cm³/mol. The van der Waals surface area contributed by atoms with E-state index in [1.807, 2.05) is 24.3 Å². The Morgan fingerprint density at radius 3 is 2.77 bits per heavy atom. The van der Waals surface area contributed by atoms with Gasteiger partial charge in [-0.2, -0.15) is 0 Å². The van der Waals surface area contributed by atoms with Crippen molar-refractivity contribution in [3.8, 4) is 11.5 Å². The van der Waals surface area contributed by atoms with Gasteiger partial charge in [-0.3, -0.25) is 0 Å². The van der Waals surface area contributed by atoms with Crippen LogP contribution in [0.4, 0.5) is 5.82 Å². The molecule has 162 valence electrons. The van der Waals surface area contributed by atoms with Crippen LogP contribution in [0.2, 0.25) is 0 Å². The number of morpholine rings is 1. The summed E-state index contributed by atoms with van der Waals surface area (Å²) in [4.78, 5) is 8.63. The molecular weight excluding hydrogens is 410 g/mol. The summed E-state index contributed by atoms with van der Waals surface area (Å²) < 4.78 is 17.5. The Morgan fingerprint density at radius 2 is 1.94 bits per heavy atom. The molecule has 3 heterocycles. The van der Waals surface area contributed by atoms with E-state index in [0.29, 0.717) is 13.2 Å². The monoisotopic (exact) mass is 437 g/mol. The molecule has 1 fully saturated rings. The van der Waals surface area contributed by atoms with Gasteiger partial charge in [-0.25, -0.2) is 4.98 Å². The molecule has 6 nitrogen and oxygen atoms in total. The van der Waals surface area contributed by atoms with Gasteiger partial charge in [0.2, 0.25) is 0 Å². The Hall–Kier alpha value is -2.48. The van der Waals surface area contributed by atoms with Crippen molar-refractivity contribution in [3.63, 3.8) is 0 Å². The van der Waals surface area contributed by atoms with Gasteiger partial charge >= 0.3 is 0 Å². The number of nitrogens with one attached hydrogen (secondary N) is 1. The van der Waals surface area contributed by atoms with E-state index >= 15 is 0 Å². The minimum Gasteiger partial charge on any atom is -0.486 e. The molecular formula is C24H27N3O3S. The lowest BCUT2D eigenvalue weighted by atomic mass is 10.1. The Bertz CT molecular complexity index is 1060. The van der Waals surface area contributed by atoms with Crippen molar-refractivity contribution in [1.82, 2.24) is 10.3 Å². The number of pyridine rings is 1. The normalized spacial score (nSPS) is 18.4. The van der Waals surface area contributed by atoms with Crippen LogP contribution in [-0.4, -0.2) is 56.8 Å². The number of hydrogen-bond donors (Lipinski definition) is 1. The molecule has 1 saturated heterocycles. The van der Waals surface area contributed by atoms with Crippen LogP contribution in [0.3, 0.4) is 0 Å². The third kappa shape index (κ3) is 4.59. The van der Waals surface area contributed by atoms with Crippen molar-refractivity contribution in [3.05, 3.63) is 54.1 Å². The minimum absolute atomic E-state index is 0.0145. The van der Waals surface area contributed by atoms with Crippen LogP contribution >= 0.6 is 11.8 Å². The highest BCUT2D eigenvalue weighted by atomic mass is 32.2. The quantitative estimate of drug-likeness (QED) is 0.590. The number of nitrogens with zero attached hydrogens (tertiary/aromatic N) is 2. The van der Waals surface area contributed by atoms with Gasteiger partial charge in [0.05, 0.1) is 18.7 Å². The second-order valence-electron chi connectivity index (χ2n) is 7.76. The van der Waals surface area contributed by atoms with Gasteiger partial charge in [-0.1, -0.05) is 18.2 Å². The standard InChI is InChI=1S/C24H27N3O3S/c1-31-20-7-6-17-12-18(24(26-21(17)13-20)27-8-10-28-11-9-27)14-25-15-19-16-29-22-4-2-3-5-23(22)30-19/h2-7,12-13,19,25H,8-11,14-16H2,1H3.